The highest BCUT2D eigenvalue weighted by atomic mass is 32.2. The average molecular weight is 457 g/mol. The molecule has 1 N–H and O–H groups in total. The lowest BCUT2D eigenvalue weighted by molar-refractivity contribution is -0.122. The summed E-state index contributed by atoms with van der Waals surface area (Å²) in [6.45, 7) is 6.61. The molecule has 0 fully saturated rings. The van der Waals surface area contributed by atoms with Crippen LogP contribution in [0, 0.1) is 0 Å². The highest BCUT2D eigenvalue weighted by Crippen LogP contribution is 2.19. The van der Waals surface area contributed by atoms with Crippen LogP contribution in [0.4, 0.5) is 0 Å². The molecule has 8 nitrogen and oxygen atoms in total. The Hall–Kier alpha value is -3.04. The zero-order valence-electron chi connectivity index (χ0n) is 18.5. The maximum Gasteiger partial charge on any atom is 0.243 e. The molecule has 1 unspecified atom stereocenters. The molecule has 2 aromatic carbocycles. The number of para-hydroxylation sites is 1. The molecule has 0 radical (unpaired) electrons. The van der Waals surface area contributed by atoms with E-state index in [1.165, 1.54) is 10.5 Å². The number of rotatable bonds is 9. The minimum absolute atomic E-state index is 0.152. The van der Waals surface area contributed by atoms with E-state index in [1.54, 1.807) is 61.0 Å². The molecule has 0 bridgehead atoms. The Labute approximate surface area is 187 Å². The second-order valence-electron chi connectivity index (χ2n) is 7.45. The molecule has 170 valence electrons. The number of aryl methyl sites for hydroxylation is 1. The molecule has 0 saturated heterocycles. The molecule has 9 heteroatoms. The number of hydrogen-bond acceptors (Lipinski definition) is 5. The van der Waals surface area contributed by atoms with E-state index in [1.807, 2.05) is 13.0 Å². The lowest BCUT2D eigenvalue weighted by Crippen LogP contribution is -2.30. The molecular formula is C23H28N4O4S. The largest absolute Gasteiger partial charge is 0.350 e. The van der Waals surface area contributed by atoms with Gasteiger partial charge in [0.15, 0.2) is 0 Å². The van der Waals surface area contributed by atoms with Crippen molar-refractivity contribution >= 4 is 26.8 Å². The Morgan fingerprint density at radius 2 is 1.75 bits per heavy atom. The Morgan fingerprint density at radius 1 is 1.09 bits per heavy atom. The monoisotopic (exact) mass is 456 g/mol. The summed E-state index contributed by atoms with van der Waals surface area (Å²) < 4.78 is 28.3. The van der Waals surface area contributed by atoms with E-state index in [0.717, 1.165) is 5.56 Å². The van der Waals surface area contributed by atoms with Gasteiger partial charge in [-0.1, -0.05) is 38.1 Å². The van der Waals surface area contributed by atoms with Crippen LogP contribution in [0.5, 0.6) is 0 Å². The Bertz CT molecular complexity index is 1250. The van der Waals surface area contributed by atoms with Crippen molar-refractivity contribution in [2.24, 2.45) is 0 Å². The Kier molecular flexibility index (Phi) is 7.42. The second-order valence-corrected chi connectivity index (χ2v) is 9.38. The topological polar surface area (TPSA) is 101 Å². The molecule has 1 aromatic heterocycles. The first-order valence-electron chi connectivity index (χ1n) is 10.6. The molecule has 32 heavy (non-hydrogen) atoms. The molecule has 3 aromatic rings. The summed E-state index contributed by atoms with van der Waals surface area (Å²) in [5.41, 5.74) is 1.34. The zero-order chi connectivity index (χ0) is 23.3. The van der Waals surface area contributed by atoms with Crippen molar-refractivity contribution in [3.8, 4) is 0 Å². The highest BCUT2D eigenvalue weighted by molar-refractivity contribution is 7.89. The molecule has 0 aliphatic heterocycles. The lowest BCUT2D eigenvalue weighted by Gasteiger charge is -2.19. The van der Waals surface area contributed by atoms with Crippen LogP contribution < -0.4 is 10.7 Å². The van der Waals surface area contributed by atoms with Crippen molar-refractivity contribution in [1.29, 1.82) is 0 Å². The van der Waals surface area contributed by atoms with Gasteiger partial charge in [-0.15, -0.1) is 0 Å². The van der Waals surface area contributed by atoms with Crippen LogP contribution in [0.1, 0.15) is 38.8 Å². The highest BCUT2D eigenvalue weighted by Gasteiger charge is 2.21. The average Bonchev–Trinajstić information content (AvgIpc) is 2.79. The van der Waals surface area contributed by atoms with Gasteiger partial charge in [0, 0.05) is 24.9 Å². The van der Waals surface area contributed by atoms with Crippen LogP contribution in [0.15, 0.2) is 64.4 Å². The number of fused-ring (bicyclic) bond motifs is 1. The predicted molar refractivity (Wildman–Crippen MR) is 124 cm³/mol. The summed E-state index contributed by atoms with van der Waals surface area (Å²) in [6, 6.07) is 13.5. The fourth-order valence-electron chi connectivity index (χ4n) is 3.58. The first-order valence-corrected chi connectivity index (χ1v) is 12.1. The summed E-state index contributed by atoms with van der Waals surface area (Å²) in [5.74, 6) is -0.165. The zero-order valence-corrected chi connectivity index (χ0v) is 19.3. The normalized spacial score (nSPS) is 12.8. The van der Waals surface area contributed by atoms with Crippen LogP contribution in [0.2, 0.25) is 0 Å². The Morgan fingerprint density at radius 3 is 2.41 bits per heavy atom. The smallest absolute Gasteiger partial charge is 0.243 e. The number of carbonyl (C=O) groups excluding carboxylic acids is 1. The quantitative estimate of drug-likeness (QED) is 0.533. The number of nitrogens with zero attached hydrogens (tertiary/aromatic N) is 3. The van der Waals surface area contributed by atoms with E-state index in [9.17, 15) is 18.0 Å². The second kappa shape index (κ2) is 10.1. The molecular weight excluding hydrogens is 428 g/mol. The number of aromatic nitrogens is 2. The lowest BCUT2D eigenvalue weighted by atomic mass is 10.1. The van der Waals surface area contributed by atoms with Gasteiger partial charge in [0.05, 0.1) is 29.2 Å². The van der Waals surface area contributed by atoms with Crippen molar-refractivity contribution in [2.45, 2.75) is 44.7 Å². The fourth-order valence-corrected chi connectivity index (χ4v) is 5.04. The summed E-state index contributed by atoms with van der Waals surface area (Å²) in [6.07, 6.45) is 1.45. The molecule has 1 atom stereocenters. The van der Waals surface area contributed by atoms with Crippen LogP contribution in [-0.4, -0.2) is 41.5 Å². The number of nitrogens with one attached hydrogen (secondary N) is 1. The molecule has 0 spiro atoms. The molecule has 1 amide bonds. The number of hydrogen-bond donors (Lipinski definition) is 1. The van der Waals surface area contributed by atoms with Crippen molar-refractivity contribution in [1.82, 2.24) is 19.4 Å². The first-order chi connectivity index (χ1) is 15.3. The van der Waals surface area contributed by atoms with Crippen molar-refractivity contribution in [3.63, 3.8) is 0 Å². The third-order valence-corrected chi connectivity index (χ3v) is 7.48. The fraction of sp³-hybridized carbons (Fsp3) is 0.348. The summed E-state index contributed by atoms with van der Waals surface area (Å²) in [4.78, 5) is 24.6. The summed E-state index contributed by atoms with van der Waals surface area (Å²) >= 11 is 0. The van der Waals surface area contributed by atoms with Gasteiger partial charge in [-0.25, -0.2) is 8.42 Å². The van der Waals surface area contributed by atoms with E-state index >= 15 is 0 Å². The maximum absolute atomic E-state index is 12.6. The molecule has 0 aliphatic rings. The molecule has 1 heterocycles. The maximum atomic E-state index is 12.6. The Balaban J connectivity index is 1.64. The minimum atomic E-state index is -3.51. The predicted octanol–water partition coefficient (Wildman–Crippen LogP) is 2.69. The van der Waals surface area contributed by atoms with Gasteiger partial charge >= 0.3 is 0 Å². The summed E-state index contributed by atoms with van der Waals surface area (Å²) in [7, 11) is -3.51. The van der Waals surface area contributed by atoms with Crippen LogP contribution >= 0.6 is 0 Å². The number of benzene rings is 2. The number of carbonyl (C=O) groups is 1. The van der Waals surface area contributed by atoms with Gasteiger partial charge < -0.3 is 5.32 Å². The SMILES string of the molecule is CCN(CC)S(=O)(=O)c1ccc(C(C)NC(=O)CCn2ncc(=O)c3ccccc32)cc1. The minimum Gasteiger partial charge on any atom is -0.350 e. The van der Waals surface area contributed by atoms with E-state index in [-0.39, 0.29) is 28.7 Å². The third-order valence-electron chi connectivity index (χ3n) is 5.41. The van der Waals surface area contributed by atoms with Gasteiger partial charge in [-0.2, -0.15) is 9.40 Å². The van der Waals surface area contributed by atoms with E-state index in [4.69, 9.17) is 0 Å². The van der Waals surface area contributed by atoms with E-state index < -0.39 is 10.0 Å². The van der Waals surface area contributed by atoms with E-state index in [2.05, 4.69) is 10.4 Å². The van der Waals surface area contributed by atoms with E-state index in [0.29, 0.717) is 30.5 Å². The molecule has 0 saturated carbocycles. The van der Waals surface area contributed by atoms with Crippen LogP contribution in [-0.2, 0) is 21.4 Å². The molecule has 3 rings (SSSR count). The van der Waals surface area contributed by atoms with Crippen LogP contribution in [0.25, 0.3) is 10.9 Å². The standard InChI is InChI=1S/C23H28N4O4S/c1-4-26(5-2)32(30,31)19-12-10-18(11-13-19)17(3)25-23(29)14-15-27-21-9-7-6-8-20(21)22(28)16-24-27/h6-13,16-17H,4-5,14-15H2,1-3H3,(H,25,29). The van der Waals surface area contributed by atoms with Crippen LogP contribution in [0.3, 0.4) is 0 Å². The van der Waals surface area contributed by atoms with Gasteiger partial charge in [0.2, 0.25) is 21.4 Å². The summed E-state index contributed by atoms with van der Waals surface area (Å²) in [5, 5.41) is 7.63. The van der Waals surface area contributed by atoms with Crippen molar-refractivity contribution in [2.75, 3.05) is 13.1 Å². The number of sulfonamides is 1. The van der Waals surface area contributed by atoms with Crippen molar-refractivity contribution < 1.29 is 13.2 Å². The van der Waals surface area contributed by atoms with Crippen molar-refractivity contribution in [3.05, 3.63) is 70.5 Å². The van der Waals surface area contributed by atoms with Gasteiger partial charge in [-0.05, 0) is 36.8 Å². The van der Waals surface area contributed by atoms with Gasteiger partial charge in [-0.3, -0.25) is 14.3 Å². The van der Waals surface area contributed by atoms with Gasteiger partial charge in [0.25, 0.3) is 0 Å². The first kappa shape index (κ1) is 23.6. The van der Waals surface area contributed by atoms with Gasteiger partial charge in [0.1, 0.15) is 0 Å². The molecule has 0 aliphatic carbocycles. The number of amides is 1. The third kappa shape index (κ3) is 5.05.